The van der Waals surface area contributed by atoms with Crippen molar-refractivity contribution in [2.45, 2.75) is 19.0 Å². The van der Waals surface area contributed by atoms with Gasteiger partial charge in [0.15, 0.2) is 0 Å². The van der Waals surface area contributed by atoms with Crippen molar-refractivity contribution in [3.05, 3.63) is 51.3 Å². The van der Waals surface area contributed by atoms with Crippen LogP contribution >= 0.6 is 0 Å². The van der Waals surface area contributed by atoms with Gasteiger partial charge >= 0.3 is 11.4 Å². The van der Waals surface area contributed by atoms with E-state index in [1.165, 1.54) is 4.57 Å². The molecule has 22 heavy (non-hydrogen) atoms. The molecule has 0 saturated heterocycles. The molecule has 8 atom stereocenters. The molecule has 0 radical (unpaired) electrons. The van der Waals surface area contributed by atoms with Crippen molar-refractivity contribution in [3.8, 4) is 5.69 Å². The molecule has 3 heterocycles. The zero-order valence-electron chi connectivity index (χ0n) is 12.1. The molecule has 8 rings (SSSR count). The van der Waals surface area contributed by atoms with Crippen molar-refractivity contribution >= 4 is 0 Å². The lowest BCUT2D eigenvalue weighted by molar-refractivity contribution is 0.112. The van der Waals surface area contributed by atoms with Gasteiger partial charge in [-0.1, -0.05) is 25.1 Å². The first kappa shape index (κ1) is 10.6. The Morgan fingerprint density at radius 3 is 1.86 bits per heavy atom. The predicted octanol–water partition coefficient (Wildman–Crippen LogP) is 1.04. The van der Waals surface area contributed by atoms with E-state index in [1.54, 1.807) is 0 Å². The summed E-state index contributed by atoms with van der Waals surface area (Å²) in [6.07, 6.45) is 0. The summed E-state index contributed by atoms with van der Waals surface area (Å²) in [7, 11) is 0. The molecule has 2 aliphatic heterocycles. The van der Waals surface area contributed by atoms with Gasteiger partial charge in [-0.05, 0) is 47.1 Å². The second-order valence-corrected chi connectivity index (χ2v) is 8.00. The summed E-state index contributed by atoms with van der Waals surface area (Å²) in [6.45, 7) is 2.40. The van der Waals surface area contributed by atoms with Gasteiger partial charge in [0, 0.05) is 0 Å². The number of hydrogen-bond acceptors (Lipinski definition) is 2. The molecule has 5 nitrogen and oxygen atoms in total. The van der Waals surface area contributed by atoms with Crippen molar-refractivity contribution in [3.63, 3.8) is 0 Å². The van der Waals surface area contributed by atoms with Crippen LogP contribution < -0.4 is 11.4 Å². The molecule has 2 unspecified atom stereocenters. The van der Waals surface area contributed by atoms with Crippen molar-refractivity contribution in [1.29, 1.82) is 0 Å². The Hall–Kier alpha value is -2.04. The average Bonchev–Trinajstić information content (AvgIpc) is 3.34. The molecular weight excluding hydrogens is 278 g/mol. The van der Waals surface area contributed by atoms with Gasteiger partial charge in [0.2, 0.25) is 0 Å². The van der Waals surface area contributed by atoms with E-state index in [9.17, 15) is 9.59 Å². The van der Waals surface area contributed by atoms with Crippen LogP contribution in [0.5, 0.6) is 0 Å². The number of aromatic nitrogens is 3. The van der Waals surface area contributed by atoms with Gasteiger partial charge in [-0.15, -0.1) is 0 Å². The smallest absolute Gasteiger partial charge is 0.245 e. The summed E-state index contributed by atoms with van der Waals surface area (Å²) < 4.78 is 5.04. The van der Waals surface area contributed by atoms with Gasteiger partial charge in [0.05, 0.1) is 17.8 Å². The largest absolute Gasteiger partial charge is 0.352 e. The second-order valence-electron chi connectivity index (χ2n) is 8.00. The molecule has 5 heteroatoms. The van der Waals surface area contributed by atoms with E-state index < -0.39 is 0 Å². The Kier molecular flexibility index (Phi) is 1.29. The standard InChI is InChI=1S/C17H15N3O2/c1-17-10-8-9(10)14-12(17)11(17)13(8)19-15(21)18(16(22)20(14)19)7-5-3-2-4-6-7/h2-6,8-14H,1H3/t8-,9+,10?,11+,12-,13-,14-,17?/m1/s1. The monoisotopic (exact) mass is 293 g/mol. The lowest BCUT2D eigenvalue weighted by atomic mass is 9.89. The zero-order valence-corrected chi connectivity index (χ0v) is 12.1. The maximum absolute atomic E-state index is 13.0. The van der Waals surface area contributed by atoms with E-state index in [-0.39, 0.29) is 11.4 Å². The minimum atomic E-state index is -0.134. The highest BCUT2D eigenvalue weighted by Gasteiger charge is 2.95. The van der Waals surface area contributed by atoms with Crippen LogP contribution in [0.3, 0.4) is 0 Å². The summed E-state index contributed by atoms with van der Waals surface area (Å²) in [5.41, 5.74) is 0.856. The third-order valence-corrected chi connectivity index (χ3v) is 7.68. The molecule has 4 saturated carbocycles. The minimum absolute atomic E-state index is 0.134. The van der Waals surface area contributed by atoms with Crippen LogP contribution in [0.15, 0.2) is 39.9 Å². The van der Waals surface area contributed by atoms with Gasteiger partial charge in [0.25, 0.3) is 0 Å². The van der Waals surface area contributed by atoms with E-state index in [0.29, 0.717) is 46.9 Å². The van der Waals surface area contributed by atoms with Crippen LogP contribution in [0.25, 0.3) is 5.69 Å². The molecule has 2 bridgehead atoms. The molecule has 2 aromatic rings. The number of hydrogen-bond donors (Lipinski definition) is 0. The molecular formula is C17H15N3O2. The third kappa shape index (κ3) is 0.733. The lowest BCUT2D eigenvalue weighted by Crippen LogP contribution is -2.45. The maximum Gasteiger partial charge on any atom is 0.352 e. The van der Waals surface area contributed by atoms with E-state index >= 15 is 0 Å². The summed E-state index contributed by atoms with van der Waals surface area (Å²) in [4.78, 5) is 25.9. The second kappa shape index (κ2) is 2.66. The van der Waals surface area contributed by atoms with Gasteiger partial charge in [-0.2, -0.15) is 0 Å². The van der Waals surface area contributed by atoms with Gasteiger partial charge in [0.1, 0.15) is 0 Å². The molecule has 4 fully saturated rings. The Labute approximate surface area is 125 Å². The molecule has 0 spiro atoms. The van der Waals surface area contributed by atoms with Crippen LogP contribution in [0.4, 0.5) is 0 Å². The van der Waals surface area contributed by atoms with E-state index in [2.05, 4.69) is 6.92 Å². The summed E-state index contributed by atoms with van der Waals surface area (Å²) in [5.74, 6) is 3.44. The normalized spacial score (nSPS) is 50.1. The number of para-hydroxylation sites is 1. The molecule has 6 aliphatic rings. The van der Waals surface area contributed by atoms with Crippen LogP contribution in [0.1, 0.15) is 19.0 Å². The first-order valence-electron chi connectivity index (χ1n) is 8.19. The topological polar surface area (TPSA) is 48.9 Å². The molecule has 0 N–H and O–H groups in total. The minimum Gasteiger partial charge on any atom is -0.245 e. The Morgan fingerprint density at radius 1 is 0.864 bits per heavy atom. The van der Waals surface area contributed by atoms with Crippen molar-refractivity contribution in [2.24, 2.45) is 35.0 Å². The fourth-order valence-electron chi connectivity index (χ4n) is 7.20. The highest BCUT2D eigenvalue weighted by molar-refractivity contribution is 5.43. The van der Waals surface area contributed by atoms with Crippen LogP contribution in [0, 0.1) is 35.0 Å². The molecule has 0 amide bonds. The predicted molar refractivity (Wildman–Crippen MR) is 77.9 cm³/mol. The SMILES string of the molecule is CC12C3[C@@H]4[C@H]3[C@@H]3[C@@H]1[C@@H]2[C@@H]4n1c(=O)n(-c2ccccc2)c(=O)n13. The van der Waals surface area contributed by atoms with E-state index in [4.69, 9.17) is 0 Å². The summed E-state index contributed by atoms with van der Waals surface area (Å²) in [6, 6.07) is 9.91. The first-order valence-corrected chi connectivity index (χ1v) is 8.19. The molecule has 1 aromatic carbocycles. The average molecular weight is 293 g/mol. The van der Waals surface area contributed by atoms with Crippen molar-refractivity contribution in [2.75, 3.05) is 0 Å². The molecule has 110 valence electrons. The Morgan fingerprint density at radius 2 is 1.41 bits per heavy atom. The van der Waals surface area contributed by atoms with Gasteiger partial charge in [-0.3, -0.25) is 0 Å². The van der Waals surface area contributed by atoms with E-state index in [0.717, 1.165) is 5.92 Å². The fraction of sp³-hybridized carbons (Fsp3) is 0.529. The summed E-state index contributed by atoms with van der Waals surface area (Å²) in [5, 5.41) is 0. The quantitative estimate of drug-likeness (QED) is 0.789. The van der Waals surface area contributed by atoms with Crippen LogP contribution in [0.2, 0.25) is 0 Å². The molecule has 1 aromatic heterocycles. The zero-order chi connectivity index (χ0) is 14.5. The number of benzene rings is 1. The van der Waals surface area contributed by atoms with Gasteiger partial charge < -0.3 is 0 Å². The highest BCUT2D eigenvalue weighted by atomic mass is 16.2. The lowest BCUT2D eigenvalue weighted by Gasteiger charge is -2.36. The van der Waals surface area contributed by atoms with Crippen molar-refractivity contribution < 1.29 is 0 Å². The third-order valence-electron chi connectivity index (χ3n) is 7.68. The van der Waals surface area contributed by atoms with Crippen LogP contribution in [-0.4, -0.2) is 13.9 Å². The Bertz CT molecular complexity index is 942. The van der Waals surface area contributed by atoms with E-state index in [1.807, 2.05) is 39.7 Å². The number of rotatable bonds is 1. The summed E-state index contributed by atoms with van der Waals surface area (Å²) >= 11 is 0. The Balaban J connectivity index is 1.57. The first-order chi connectivity index (χ1) is 10.7. The molecule has 4 aliphatic carbocycles. The van der Waals surface area contributed by atoms with Crippen LogP contribution in [-0.2, 0) is 0 Å². The highest BCUT2D eigenvalue weighted by Crippen LogP contribution is 2.97. The number of nitrogens with zero attached hydrogens (tertiary/aromatic N) is 3. The van der Waals surface area contributed by atoms with Gasteiger partial charge in [-0.25, -0.2) is 23.5 Å². The van der Waals surface area contributed by atoms with Crippen molar-refractivity contribution in [1.82, 2.24) is 13.9 Å². The fourth-order valence-corrected chi connectivity index (χ4v) is 7.20. The maximum atomic E-state index is 13.0.